The predicted octanol–water partition coefficient (Wildman–Crippen LogP) is 5.79. The predicted molar refractivity (Wildman–Crippen MR) is 155 cm³/mol. The molecule has 3 aromatic heterocycles. The van der Waals surface area contributed by atoms with E-state index in [9.17, 15) is 4.79 Å². The molecule has 5 aromatic rings. The second-order valence-electron chi connectivity index (χ2n) is 9.33. The maximum absolute atomic E-state index is 15.3. The van der Waals surface area contributed by atoms with Gasteiger partial charge in [-0.1, -0.05) is 0 Å². The summed E-state index contributed by atoms with van der Waals surface area (Å²) < 4.78 is 43.3. The highest BCUT2D eigenvalue weighted by atomic mass is 32.1. The summed E-state index contributed by atoms with van der Waals surface area (Å²) in [7, 11) is 2.98. The zero-order valence-corrected chi connectivity index (χ0v) is 23.7. The highest BCUT2D eigenvalue weighted by Crippen LogP contribution is 2.38. The van der Waals surface area contributed by atoms with Gasteiger partial charge in [0.2, 0.25) is 11.8 Å². The number of halogens is 1. The summed E-state index contributed by atoms with van der Waals surface area (Å²) in [6.07, 6.45) is 1.15. The molecule has 2 atom stereocenters. The van der Waals surface area contributed by atoms with Crippen molar-refractivity contribution in [3.8, 4) is 28.1 Å². The lowest BCUT2D eigenvalue weighted by Gasteiger charge is -2.31. The minimum absolute atomic E-state index is 0.0316. The SMILES string of the molecule is [C-]#[N+]c1cc(-c2nc3cc(F)c(O[C@@H]4COCC[C@@H]4OC(=O)Nc4ccc(OC)nc4)cc3s2)c2ncc(OC)nc2c1. The number of fused-ring (bicyclic) bond motifs is 2. The van der Waals surface area contributed by atoms with Crippen molar-refractivity contribution in [3.05, 3.63) is 66.0 Å². The van der Waals surface area contributed by atoms with E-state index in [1.807, 2.05) is 0 Å². The molecule has 1 N–H and O–H groups in total. The number of amides is 1. The molecule has 0 spiro atoms. The van der Waals surface area contributed by atoms with Crippen LogP contribution in [0.25, 0.3) is 36.7 Å². The normalized spacial score (nSPS) is 16.4. The number of rotatable bonds is 7. The molecule has 2 aromatic carbocycles. The van der Waals surface area contributed by atoms with Crippen LogP contribution in [0.3, 0.4) is 0 Å². The van der Waals surface area contributed by atoms with Crippen molar-refractivity contribution in [1.29, 1.82) is 0 Å². The Balaban J connectivity index is 1.24. The van der Waals surface area contributed by atoms with Gasteiger partial charge < -0.3 is 23.7 Å². The number of nitrogens with one attached hydrogen (secondary N) is 1. The van der Waals surface area contributed by atoms with Crippen LogP contribution >= 0.6 is 11.3 Å². The number of ether oxygens (including phenoxy) is 5. The fraction of sp³-hybridized carbons (Fsp3) is 0.241. The van der Waals surface area contributed by atoms with Crippen LogP contribution in [0.1, 0.15) is 6.42 Å². The topological polar surface area (TPSA) is 131 Å². The molecule has 14 heteroatoms. The second kappa shape index (κ2) is 12.0. The highest BCUT2D eigenvalue weighted by molar-refractivity contribution is 7.21. The first kappa shape index (κ1) is 28.0. The molecule has 43 heavy (non-hydrogen) atoms. The van der Waals surface area contributed by atoms with Crippen LogP contribution in [0.2, 0.25) is 0 Å². The minimum atomic E-state index is -0.752. The number of hydrogen-bond donors (Lipinski definition) is 1. The van der Waals surface area contributed by atoms with Crippen LogP contribution in [0.15, 0.2) is 48.8 Å². The van der Waals surface area contributed by atoms with Crippen LogP contribution in [0, 0.1) is 12.4 Å². The molecule has 0 aliphatic carbocycles. The van der Waals surface area contributed by atoms with E-state index in [2.05, 4.69) is 30.1 Å². The second-order valence-corrected chi connectivity index (χ2v) is 10.4. The summed E-state index contributed by atoms with van der Waals surface area (Å²) in [5.74, 6) is 0.0592. The van der Waals surface area contributed by atoms with E-state index in [4.69, 9.17) is 30.3 Å². The highest BCUT2D eigenvalue weighted by Gasteiger charge is 2.32. The number of thiazole rings is 1. The maximum atomic E-state index is 15.3. The molecule has 1 fully saturated rings. The molecular weight excluding hydrogens is 579 g/mol. The van der Waals surface area contributed by atoms with Gasteiger partial charge in [-0.05, 0) is 18.2 Å². The van der Waals surface area contributed by atoms with Gasteiger partial charge in [-0.25, -0.2) is 34.0 Å². The van der Waals surface area contributed by atoms with Gasteiger partial charge in [0.1, 0.15) is 11.1 Å². The lowest BCUT2D eigenvalue weighted by Crippen LogP contribution is -2.44. The summed E-state index contributed by atoms with van der Waals surface area (Å²) in [5, 5.41) is 3.15. The third-order valence-corrected chi connectivity index (χ3v) is 7.64. The van der Waals surface area contributed by atoms with Crippen LogP contribution in [0.4, 0.5) is 20.6 Å². The minimum Gasteiger partial charge on any atom is -0.481 e. The first-order valence-electron chi connectivity index (χ1n) is 13.0. The lowest BCUT2D eigenvalue weighted by atomic mass is 10.1. The Morgan fingerprint density at radius 3 is 2.70 bits per heavy atom. The average Bonchev–Trinajstić information content (AvgIpc) is 3.44. The first-order valence-corrected chi connectivity index (χ1v) is 13.8. The number of pyridine rings is 1. The molecule has 0 unspecified atom stereocenters. The van der Waals surface area contributed by atoms with E-state index < -0.39 is 24.1 Å². The van der Waals surface area contributed by atoms with Crippen molar-refractivity contribution in [2.75, 3.05) is 32.8 Å². The molecule has 0 bridgehead atoms. The van der Waals surface area contributed by atoms with E-state index in [1.165, 1.54) is 44.0 Å². The summed E-state index contributed by atoms with van der Waals surface area (Å²) in [5.41, 5.74) is 2.80. The van der Waals surface area contributed by atoms with Gasteiger partial charge in [-0.2, -0.15) is 0 Å². The molecule has 4 heterocycles. The van der Waals surface area contributed by atoms with Crippen molar-refractivity contribution in [2.45, 2.75) is 18.6 Å². The van der Waals surface area contributed by atoms with E-state index in [0.29, 0.717) is 68.0 Å². The van der Waals surface area contributed by atoms with Gasteiger partial charge in [0.15, 0.2) is 23.4 Å². The van der Waals surface area contributed by atoms with E-state index in [0.717, 1.165) is 0 Å². The molecule has 0 radical (unpaired) electrons. The largest absolute Gasteiger partial charge is 0.481 e. The van der Waals surface area contributed by atoms with Gasteiger partial charge in [-0.3, -0.25) is 5.32 Å². The van der Waals surface area contributed by atoms with Crippen molar-refractivity contribution < 1.29 is 32.9 Å². The van der Waals surface area contributed by atoms with Crippen molar-refractivity contribution in [3.63, 3.8) is 0 Å². The summed E-state index contributed by atoms with van der Waals surface area (Å²) in [6.45, 7) is 7.96. The fourth-order valence-corrected chi connectivity index (χ4v) is 5.51. The first-order chi connectivity index (χ1) is 20.9. The van der Waals surface area contributed by atoms with Gasteiger partial charge in [-0.15, -0.1) is 11.3 Å². The van der Waals surface area contributed by atoms with Crippen LogP contribution in [-0.2, 0) is 9.47 Å². The number of carbonyl (C=O) groups excluding carboxylic acids is 1. The third-order valence-electron chi connectivity index (χ3n) is 6.59. The fourth-order valence-electron chi connectivity index (χ4n) is 4.51. The summed E-state index contributed by atoms with van der Waals surface area (Å²) in [6, 6.07) is 9.37. The number of benzene rings is 2. The third kappa shape index (κ3) is 5.94. The molecule has 0 saturated carbocycles. The number of carbonyl (C=O) groups is 1. The van der Waals surface area contributed by atoms with E-state index in [-0.39, 0.29) is 12.4 Å². The Morgan fingerprint density at radius 2 is 1.93 bits per heavy atom. The van der Waals surface area contributed by atoms with Gasteiger partial charge in [0.05, 0.1) is 73.3 Å². The van der Waals surface area contributed by atoms with Gasteiger partial charge in [0, 0.05) is 30.2 Å². The van der Waals surface area contributed by atoms with Crippen LogP contribution < -0.4 is 19.5 Å². The molecule has 1 saturated heterocycles. The number of methoxy groups -OCH3 is 2. The molecule has 218 valence electrons. The van der Waals surface area contributed by atoms with Gasteiger partial charge in [0.25, 0.3) is 0 Å². The Morgan fingerprint density at radius 1 is 1.07 bits per heavy atom. The Labute approximate surface area is 248 Å². The van der Waals surface area contributed by atoms with Crippen molar-refractivity contribution >= 4 is 50.1 Å². The van der Waals surface area contributed by atoms with E-state index in [1.54, 1.807) is 30.3 Å². The number of anilines is 1. The zero-order chi connectivity index (χ0) is 29.9. The zero-order valence-electron chi connectivity index (χ0n) is 22.9. The molecule has 6 rings (SSSR count). The smallest absolute Gasteiger partial charge is 0.412 e. The Kier molecular flexibility index (Phi) is 7.82. The standard InChI is InChI=1S/C29H23FN6O6S/c1-31-16-8-17(27-20(9-16)35-26(39-3)13-33-27)28-36-19-10-18(30)22(11-24(19)43-28)41-23-14-40-7-6-21(23)42-29(37)34-15-4-5-25(38-2)32-12-15/h4-5,8-13,21,23H,6-7,14H2,2-3H3,(H,34,37)/t21-,23+/m0/s1. The van der Waals surface area contributed by atoms with Crippen LogP contribution in [-0.4, -0.2) is 65.7 Å². The monoisotopic (exact) mass is 602 g/mol. The Hall–Kier alpha value is -5.13. The average molecular weight is 603 g/mol. The summed E-state index contributed by atoms with van der Waals surface area (Å²) in [4.78, 5) is 33.6. The quantitative estimate of drug-likeness (QED) is 0.228. The summed E-state index contributed by atoms with van der Waals surface area (Å²) >= 11 is 1.29. The molecular formula is C29H23FN6O6S. The molecule has 1 amide bonds. The molecule has 1 aliphatic heterocycles. The van der Waals surface area contributed by atoms with Crippen molar-refractivity contribution in [2.24, 2.45) is 0 Å². The molecule has 1 aliphatic rings. The van der Waals surface area contributed by atoms with Gasteiger partial charge >= 0.3 is 6.09 Å². The number of hydrogen-bond acceptors (Lipinski definition) is 11. The Bertz CT molecular complexity index is 1860. The number of nitrogens with zero attached hydrogens (tertiary/aromatic N) is 5. The van der Waals surface area contributed by atoms with Crippen molar-refractivity contribution in [1.82, 2.24) is 19.9 Å². The van der Waals surface area contributed by atoms with Crippen LogP contribution in [0.5, 0.6) is 17.5 Å². The lowest BCUT2D eigenvalue weighted by molar-refractivity contribution is -0.0763. The number of aromatic nitrogens is 4. The van der Waals surface area contributed by atoms with E-state index >= 15 is 4.39 Å². The molecule has 12 nitrogen and oxygen atoms in total. The maximum Gasteiger partial charge on any atom is 0.412 e.